The molecule has 0 saturated carbocycles. The van der Waals surface area contributed by atoms with Gasteiger partial charge < -0.3 is 4.90 Å². The van der Waals surface area contributed by atoms with Crippen molar-refractivity contribution in [3.63, 3.8) is 0 Å². The summed E-state index contributed by atoms with van der Waals surface area (Å²) >= 11 is 5.64. The highest BCUT2D eigenvalue weighted by Gasteiger charge is 2.29. The van der Waals surface area contributed by atoms with E-state index in [2.05, 4.69) is 16.9 Å². The molecule has 120 valence electrons. The van der Waals surface area contributed by atoms with Crippen molar-refractivity contribution in [2.75, 3.05) is 38.6 Å². The number of hydrogen-bond donors (Lipinski definition) is 0. The molecule has 8 heteroatoms. The van der Waals surface area contributed by atoms with Gasteiger partial charge in [0.05, 0.1) is 6.20 Å². The SMILES string of the molecule is CCCN1CCN(S(=O)(=O)c2cnn(CCCCl)c2)CC1. The number of sulfonamides is 1. The zero-order valence-corrected chi connectivity index (χ0v) is 14.0. The topological polar surface area (TPSA) is 58.4 Å². The van der Waals surface area contributed by atoms with Crippen molar-refractivity contribution in [2.24, 2.45) is 0 Å². The van der Waals surface area contributed by atoms with E-state index in [1.807, 2.05) is 0 Å². The normalized spacial score (nSPS) is 18.2. The molecule has 0 aliphatic carbocycles. The average Bonchev–Trinajstić information content (AvgIpc) is 2.96. The first-order valence-corrected chi connectivity index (χ1v) is 9.36. The molecule has 21 heavy (non-hydrogen) atoms. The van der Waals surface area contributed by atoms with Crippen molar-refractivity contribution in [1.29, 1.82) is 0 Å². The molecule has 0 aromatic carbocycles. The number of piperazine rings is 1. The molecule has 0 unspecified atom stereocenters. The Balaban J connectivity index is 2.00. The molecule has 0 spiro atoms. The number of alkyl halides is 1. The summed E-state index contributed by atoms with van der Waals surface area (Å²) in [5.41, 5.74) is 0. The lowest BCUT2D eigenvalue weighted by molar-refractivity contribution is 0.188. The minimum Gasteiger partial charge on any atom is -0.301 e. The van der Waals surface area contributed by atoms with Crippen LogP contribution >= 0.6 is 11.6 Å². The summed E-state index contributed by atoms with van der Waals surface area (Å²) < 4.78 is 28.3. The van der Waals surface area contributed by atoms with E-state index < -0.39 is 10.0 Å². The molecule has 1 aliphatic rings. The Labute approximate surface area is 131 Å². The second kappa shape index (κ2) is 7.58. The Morgan fingerprint density at radius 1 is 1.24 bits per heavy atom. The molecule has 0 N–H and O–H groups in total. The molecule has 1 aromatic rings. The number of aryl methyl sites for hydroxylation is 1. The number of hydrogen-bond acceptors (Lipinski definition) is 4. The van der Waals surface area contributed by atoms with Crippen LogP contribution in [-0.4, -0.2) is 66.0 Å². The van der Waals surface area contributed by atoms with Crippen LogP contribution in [-0.2, 0) is 16.6 Å². The van der Waals surface area contributed by atoms with Gasteiger partial charge in [0.25, 0.3) is 0 Å². The minimum atomic E-state index is -3.41. The van der Waals surface area contributed by atoms with Crippen molar-refractivity contribution in [3.8, 4) is 0 Å². The summed E-state index contributed by atoms with van der Waals surface area (Å²) in [4.78, 5) is 2.58. The molecule has 1 fully saturated rings. The monoisotopic (exact) mass is 334 g/mol. The maximum Gasteiger partial charge on any atom is 0.246 e. The summed E-state index contributed by atoms with van der Waals surface area (Å²) in [6.45, 7) is 6.51. The van der Waals surface area contributed by atoms with Gasteiger partial charge in [-0.05, 0) is 19.4 Å². The quantitative estimate of drug-likeness (QED) is 0.704. The Morgan fingerprint density at radius 2 is 1.95 bits per heavy atom. The van der Waals surface area contributed by atoms with E-state index >= 15 is 0 Å². The summed E-state index contributed by atoms with van der Waals surface area (Å²) in [7, 11) is -3.41. The summed E-state index contributed by atoms with van der Waals surface area (Å²) in [5.74, 6) is 0.543. The lowest BCUT2D eigenvalue weighted by Gasteiger charge is -2.33. The molecule has 0 atom stereocenters. The summed E-state index contributed by atoms with van der Waals surface area (Å²) in [6, 6.07) is 0. The van der Waals surface area contributed by atoms with Crippen molar-refractivity contribution < 1.29 is 8.42 Å². The van der Waals surface area contributed by atoms with Crippen LogP contribution < -0.4 is 0 Å². The third-order valence-electron chi connectivity index (χ3n) is 3.64. The van der Waals surface area contributed by atoms with Gasteiger partial charge in [-0.15, -0.1) is 11.6 Å². The van der Waals surface area contributed by atoms with Gasteiger partial charge in [0, 0.05) is 44.8 Å². The van der Waals surface area contributed by atoms with E-state index in [1.54, 1.807) is 15.2 Å². The first kappa shape index (κ1) is 16.7. The molecular formula is C13H23ClN4O2S. The Morgan fingerprint density at radius 3 is 2.57 bits per heavy atom. The number of aromatic nitrogens is 2. The van der Waals surface area contributed by atoms with Crippen LogP contribution in [0.4, 0.5) is 0 Å². The lowest BCUT2D eigenvalue weighted by atomic mass is 10.3. The molecule has 1 aliphatic heterocycles. The number of rotatable bonds is 7. The largest absolute Gasteiger partial charge is 0.301 e. The summed E-state index contributed by atoms with van der Waals surface area (Å²) in [6.07, 6.45) is 4.90. The van der Waals surface area contributed by atoms with Gasteiger partial charge in [0.15, 0.2) is 0 Å². The van der Waals surface area contributed by atoms with Gasteiger partial charge in [-0.1, -0.05) is 6.92 Å². The zero-order chi connectivity index (χ0) is 15.3. The Kier molecular flexibility index (Phi) is 6.04. The summed E-state index contributed by atoms with van der Waals surface area (Å²) in [5, 5.41) is 4.10. The van der Waals surface area contributed by atoms with Gasteiger partial charge in [-0.3, -0.25) is 4.68 Å². The number of halogens is 1. The highest BCUT2D eigenvalue weighted by atomic mass is 35.5. The fourth-order valence-electron chi connectivity index (χ4n) is 2.48. The lowest BCUT2D eigenvalue weighted by Crippen LogP contribution is -2.48. The molecule has 0 radical (unpaired) electrons. The van der Waals surface area contributed by atoms with E-state index in [0.29, 0.717) is 25.5 Å². The predicted octanol–water partition coefficient (Wildman–Crippen LogP) is 1.23. The molecule has 1 aromatic heterocycles. The van der Waals surface area contributed by atoms with Crippen LogP contribution in [0.25, 0.3) is 0 Å². The molecule has 0 bridgehead atoms. The molecule has 1 saturated heterocycles. The third-order valence-corrected chi connectivity index (χ3v) is 5.76. The third kappa shape index (κ3) is 4.18. The van der Waals surface area contributed by atoms with E-state index in [1.165, 1.54) is 6.20 Å². The molecule has 2 rings (SSSR count). The van der Waals surface area contributed by atoms with E-state index in [-0.39, 0.29) is 4.90 Å². The van der Waals surface area contributed by atoms with Crippen molar-refractivity contribution >= 4 is 21.6 Å². The molecular weight excluding hydrogens is 312 g/mol. The standard InChI is InChI=1S/C13H23ClN4O2S/c1-2-5-16-7-9-18(10-8-16)21(19,20)13-11-15-17(12-13)6-3-4-14/h11-12H,2-10H2,1H3. The smallest absolute Gasteiger partial charge is 0.246 e. The van der Waals surface area contributed by atoms with Crippen LogP contribution in [0.2, 0.25) is 0 Å². The van der Waals surface area contributed by atoms with Gasteiger partial charge in [0.2, 0.25) is 10.0 Å². The Hall–Kier alpha value is -0.630. The molecule has 6 nitrogen and oxygen atoms in total. The van der Waals surface area contributed by atoms with E-state index in [0.717, 1.165) is 32.5 Å². The van der Waals surface area contributed by atoms with Crippen LogP contribution in [0, 0.1) is 0 Å². The fourth-order valence-corrected chi connectivity index (χ4v) is 3.98. The Bertz CT molecular complexity index is 538. The molecule has 2 heterocycles. The average molecular weight is 335 g/mol. The van der Waals surface area contributed by atoms with E-state index in [4.69, 9.17) is 11.6 Å². The van der Waals surface area contributed by atoms with Crippen molar-refractivity contribution in [3.05, 3.63) is 12.4 Å². The van der Waals surface area contributed by atoms with Crippen LogP contribution in [0.15, 0.2) is 17.3 Å². The highest BCUT2D eigenvalue weighted by molar-refractivity contribution is 7.89. The van der Waals surface area contributed by atoms with Crippen molar-refractivity contribution in [2.45, 2.75) is 31.2 Å². The van der Waals surface area contributed by atoms with Gasteiger partial charge in [-0.25, -0.2) is 8.42 Å². The number of nitrogens with zero attached hydrogens (tertiary/aromatic N) is 4. The first-order valence-electron chi connectivity index (χ1n) is 7.39. The van der Waals surface area contributed by atoms with E-state index in [9.17, 15) is 8.42 Å². The fraction of sp³-hybridized carbons (Fsp3) is 0.769. The second-order valence-electron chi connectivity index (χ2n) is 5.23. The molecule has 0 amide bonds. The first-order chi connectivity index (χ1) is 10.1. The van der Waals surface area contributed by atoms with Crippen LogP contribution in [0.1, 0.15) is 19.8 Å². The van der Waals surface area contributed by atoms with Gasteiger partial charge in [-0.2, -0.15) is 9.40 Å². The predicted molar refractivity (Wildman–Crippen MR) is 83.1 cm³/mol. The van der Waals surface area contributed by atoms with Gasteiger partial charge in [0.1, 0.15) is 4.90 Å². The van der Waals surface area contributed by atoms with Crippen LogP contribution in [0.3, 0.4) is 0 Å². The second-order valence-corrected chi connectivity index (χ2v) is 7.54. The maximum absolute atomic E-state index is 12.6. The zero-order valence-electron chi connectivity index (χ0n) is 12.4. The van der Waals surface area contributed by atoms with Gasteiger partial charge >= 0.3 is 0 Å². The van der Waals surface area contributed by atoms with Crippen LogP contribution in [0.5, 0.6) is 0 Å². The maximum atomic E-state index is 12.6. The van der Waals surface area contributed by atoms with Crippen molar-refractivity contribution in [1.82, 2.24) is 19.0 Å². The minimum absolute atomic E-state index is 0.279. The highest BCUT2D eigenvalue weighted by Crippen LogP contribution is 2.17.